The molecule has 16 heavy (non-hydrogen) atoms. The first-order valence-corrected chi connectivity index (χ1v) is 5.93. The Morgan fingerprint density at radius 3 is 2.88 bits per heavy atom. The fourth-order valence-electron chi connectivity index (χ4n) is 2.26. The molecule has 4 heteroatoms. The molecule has 2 nitrogen and oxygen atoms in total. The van der Waals surface area contributed by atoms with Gasteiger partial charge in [-0.15, -0.1) is 0 Å². The molecule has 0 amide bonds. The molecule has 0 aromatic heterocycles. The van der Waals surface area contributed by atoms with Gasteiger partial charge in [-0.2, -0.15) is 0 Å². The number of piperidine rings is 1. The number of nitrogens with two attached hydrogens (primary N) is 1. The maximum absolute atomic E-state index is 13.1. The molecule has 1 heterocycles. The molecule has 2 atom stereocenters. The summed E-state index contributed by atoms with van der Waals surface area (Å²) in [5.74, 6) is -0.369. The summed E-state index contributed by atoms with van der Waals surface area (Å²) in [4.78, 5) is 2.23. The van der Waals surface area contributed by atoms with Gasteiger partial charge in [-0.05, 0) is 38.0 Å². The fourth-order valence-corrected chi connectivity index (χ4v) is 2.43. The summed E-state index contributed by atoms with van der Waals surface area (Å²) in [6, 6.07) is 5.53. The van der Waals surface area contributed by atoms with Gasteiger partial charge in [-0.25, -0.2) is 4.39 Å². The monoisotopic (exact) mass is 242 g/mol. The van der Waals surface area contributed by atoms with Gasteiger partial charge in [0.05, 0.1) is 5.02 Å². The van der Waals surface area contributed by atoms with Crippen LogP contribution in [-0.4, -0.2) is 18.6 Å². The normalized spacial score (nSPS) is 25.9. The van der Waals surface area contributed by atoms with Crippen molar-refractivity contribution in [2.24, 2.45) is 5.73 Å². The van der Waals surface area contributed by atoms with E-state index < -0.39 is 0 Å². The first-order chi connectivity index (χ1) is 7.58. The Bertz CT molecular complexity index is 383. The van der Waals surface area contributed by atoms with Crippen LogP contribution in [-0.2, 0) is 0 Å². The smallest absolute Gasteiger partial charge is 0.141 e. The molecular formula is C12H16ClFN2. The van der Waals surface area contributed by atoms with E-state index >= 15 is 0 Å². The van der Waals surface area contributed by atoms with Crippen molar-refractivity contribution in [3.05, 3.63) is 29.0 Å². The molecule has 0 saturated carbocycles. The second-order valence-corrected chi connectivity index (χ2v) is 4.83. The standard InChI is InChI=1S/C12H16ClFN2/c1-8-6-9(15)4-5-16(8)10-2-3-12(14)11(13)7-10/h2-3,7-9H,4-6,15H2,1H3. The van der Waals surface area contributed by atoms with E-state index in [2.05, 4.69) is 11.8 Å². The van der Waals surface area contributed by atoms with Crippen LogP contribution < -0.4 is 10.6 Å². The third-order valence-electron chi connectivity index (χ3n) is 3.15. The zero-order valence-electron chi connectivity index (χ0n) is 9.29. The van der Waals surface area contributed by atoms with E-state index in [1.165, 1.54) is 6.07 Å². The van der Waals surface area contributed by atoms with Gasteiger partial charge in [0.2, 0.25) is 0 Å². The van der Waals surface area contributed by atoms with E-state index in [9.17, 15) is 4.39 Å². The minimum atomic E-state index is -0.369. The average Bonchev–Trinajstić information content (AvgIpc) is 2.22. The first kappa shape index (κ1) is 11.7. The highest BCUT2D eigenvalue weighted by Gasteiger charge is 2.23. The maximum atomic E-state index is 13.1. The molecule has 1 aromatic carbocycles. The van der Waals surface area contributed by atoms with Crippen molar-refractivity contribution >= 4 is 17.3 Å². The molecule has 0 radical (unpaired) electrons. The molecule has 1 aliphatic heterocycles. The summed E-state index contributed by atoms with van der Waals surface area (Å²) in [5, 5.41) is 0.180. The largest absolute Gasteiger partial charge is 0.369 e. The average molecular weight is 243 g/mol. The lowest BCUT2D eigenvalue weighted by atomic mass is 9.98. The Hall–Kier alpha value is -0.800. The summed E-state index contributed by atoms with van der Waals surface area (Å²) in [6.07, 6.45) is 1.94. The zero-order chi connectivity index (χ0) is 11.7. The SMILES string of the molecule is CC1CC(N)CCN1c1ccc(F)c(Cl)c1. The minimum absolute atomic E-state index is 0.180. The highest BCUT2D eigenvalue weighted by molar-refractivity contribution is 6.31. The number of benzene rings is 1. The van der Waals surface area contributed by atoms with Crippen LogP contribution in [0.25, 0.3) is 0 Å². The van der Waals surface area contributed by atoms with Gasteiger partial charge < -0.3 is 10.6 Å². The van der Waals surface area contributed by atoms with Crippen LogP contribution in [0.3, 0.4) is 0 Å². The van der Waals surface area contributed by atoms with Gasteiger partial charge in [0, 0.05) is 24.3 Å². The third-order valence-corrected chi connectivity index (χ3v) is 3.44. The topological polar surface area (TPSA) is 29.3 Å². The van der Waals surface area contributed by atoms with E-state index in [0.29, 0.717) is 6.04 Å². The van der Waals surface area contributed by atoms with Gasteiger partial charge in [-0.3, -0.25) is 0 Å². The summed E-state index contributed by atoms with van der Waals surface area (Å²) in [7, 11) is 0. The number of halogens is 2. The van der Waals surface area contributed by atoms with E-state index in [-0.39, 0.29) is 16.9 Å². The van der Waals surface area contributed by atoms with Crippen LogP contribution in [0.15, 0.2) is 18.2 Å². The van der Waals surface area contributed by atoms with Gasteiger partial charge >= 0.3 is 0 Å². The molecular weight excluding hydrogens is 227 g/mol. The third kappa shape index (κ3) is 2.30. The molecule has 2 unspecified atom stereocenters. The predicted octanol–water partition coefficient (Wildman–Crippen LogP) is 2.80. The Morgan fingerprint density at radius 2 is 2.25 bits per heavy atom. The molecule has 0 spiro atoms. The quantitative estimate of drug-likeness (QED) is 0.821. The number of nitrogens with zero attached hydrogens (tertiary/aromatic N) is 1. The van der Waals surface area contributed by atoms with E-state index in [1.54, 1.807) is 12.1 Å². The Morgan fingerprint density at radius 1 is 1.50 bits per heavy atom. The van der Waals surface area contributed by atoms with Gasteiger partial charge in [0.1, 0.15) is 5.82 Å². The molecule has 88 valence electrons. The Kier molecular flexibility index (Phi) is 3.36. The summed E-state index contributed by atoms with van der Waals surface area (Å²) >= 11 is 5.78. The summed E-state index contributed by atoms with van der Waals surface area (Å²) < 4.78 is 13.1. The second-order valence-electron chi connectivity index (χ2n) is 4.43. The van der Waals surface area contributed by atoms with Crippen molar-refractivity contribution < 1.29 is 4.39 Å². The molecule has 2 N–H and O–H groups in total. The molecule has 1 fully saturated rings. The molecule has 1 saturated heterocycles. The van der Waals surface area contributed by atoms with Crippen molar-refractivity contribution in [3.63, 3.8) is 0 Å². The minimum Gasteiger partial charge on any atom is -0.369 e. The number of rotatable bonds is 1. The molecule has 1 aromatic rings. The summed E-state index contributed by atoms with van der Waals surface area (Å²) in [5.41, 5.74) is 6.88. The van der Waals surface area contributed by atoms with Crippen molar-refractivity contribution in [2.75, 3.05) is 11.4 Å². The van der Waals surface area contributed by atoms with E-state index in [4.69, 9.17) is 17.3 Å². The van der Waals surface area contributed by atoms with Crippen molar-refractivity contribution in [2.45, 2.75) is 31.8 Å². The zero-order valence-corrected chi connectivity index (χ0v) is 10.0. The van der Waals surface area contributed by atoms with Crippen LogP contribution in [0.2, 0.25) is 5.02 Å². The highest BCUT2D eigenvalue weighted by Crippen LogP contribution is 2.27. The Labute approximate surface area is 100 Å². The number of hydrogen-bond acceptors (Lipinski definition) is 2. The lowest BCUT2D eigenvalue weighted by molar-refractivity contribution is 0.429. The van der Waals surface area contributed by atoms with E-state index in [1.807, 2.05) is 0 Å². The van der Waals surface area contributed by atoms with Crippen molar-refractivity contribution in [1.82, 2.24) is 0 Å². The van der Waals surface area contributed by atoms with Crippen LogP contribution in [0.1, 0.15) is 19.8 Å². The molecule has 0 aliphatic carbocycles. The number of hydrogen-bond donors (Lipinski definition) is 1. The van der Waals surface area contributed by atoms with Gasteiger partial charge in [-0.1, -0.05) is 11.6 Å². The van der Waals surface area contributed by atoms with Crippen LogP contribution in [0.4, 0.5) is 10.1 Å². The predicted molar refractivity (Wildman–Crippen MR) is 65.4 cm³/mol. The molecule has 1 aliphatic rings. The maximum Gasteiger partial charge on any atom is 0.141 e. The molecule has 0 bridgehead atoms. The van der Waals surface area contributed by atoms with E-state index in [0.717, 1.165) is 25.1 Å². The van der Waals surface area contributed by atoms with Crippen molar-refractivity contribution in [3.8, 4) is 0 Å². The number of anilines is 1. The fraction of sp³-hybridized carbons (Fsp3) is 0.500. The Balaban J connectivity index is 2.20. The van der Waals surface area contributed by atoms with Crippen molar-refractivity contribution in [1.29, 1.82) is 0 Å². The summed E-state index contributed by atoms with van der Waals surface area (Å²) in [6.45, 7) is 3.04. The van der Waals surface area contributed by atoms with Crippen LogP contribution in [0, 0.1) is 5.82 Å². The lowest BCUT2D eigenvalue weighted by Crippen LogP contribution is -2.45. The second kappa shape index (κ2) is 4.60. The molecule has 2 rings (SSSR count). The van der Waals surface area contributed by atoms with Gasteiger partial charge in [0.25, 0.3) is 0 Å². The lowest BCUT2D eigenvalue weighted by Gasteiger charge is -2.38. The first-order valence-electron chi connectivity index (χ1n) is 5.55. The van der Waals surface area contributed by atoms with Crippen LogP contribution in [0.5, 0.6) is 0 Å². The van der Waals surface area contributed by atoms with Gasteiger partial charge in [0.15, 0.2) is 0 Å². The highest BCUT2D eigenvalue weighted by atomic mass is 35.5. The van der Waals surface area contributed by atoms with Crippen LogP contribution >= 0.6 is 11.6 Å².